The van der Waals surface area contributed by atoms with E-state index in [0.29, 0.717) is 6.08 Å². The molecule has 0 bridgehead atoms. The van der Waals surface area contributed by atoms with Crippen LogP contribution in [-0.2, 0) is 4.79 Å². The third-order valence-electron chi connectivity index (χ3n) is 1.59. The van der Waals surface area contributed by atoms with Crippen molar-refractivity contribution in [1.82, 2.24) is 0 Å². The molecule has 1 aliphatic rings. The molecule has 0 spiro atoms. The highest BCUT2D eigenvalue weighted by molar-refractivity contribution is 5.81. The molecular weight excluding hydrogens is 167 g/mol. The molecule has 66 valence electrons. The summed E-state index contributed by atoms with van der Waals surface area (Å²) >= 11 is 0. The molecule has 0 aliphatic heterocycles. The Hall–Kier alpha value is -1.20. The van der Waals surface area contributed by atoms with Gasteiger partial charge in [-0.25, -0.2) is 9.18 Å². The summed E-state index contributed by atoms with van der Waals surface area (Å²) in [6, 6.07) is 0. The van der Waals surface area contributed by atoms with Gasteiger partial charge in [-0.2, -0.15) is 0 Å². The second-order valence-electron chi connectivity index (χ2n) is 2.46. The summed E-state index contributed by atoms with van der Waals surface area (Å²) < 4.78 is 12.5. The zero-order valence-electron chi connectivity index (χ0n) is 5.94. The van der Waals surface area contributed by atoms with Crippen molar-refractivity contribution in [3.63, 3.8) is 0 Å². The maximum absolute atomic E-state index is 12.5. The molecule has 0 saturated heterocycles. The van der Waals surface area contributed by atoms with Gasteiger partial charge in [0.05, 0.1) is 0 Å². The van der Waals surface area contributed by atoms with E-state index in [4.69, 9.17) is 10.2 Å². The van der Waals surface area contributed by atoms with Crippen molar-refractivity contribution in [2.24, 2.45) is 0 Å². The Morgan fingerprint density at radius 3 is 2.67 bits per heavy atom. The average molecular weight is 174 g/mol. The fraction of sp³-hybridized carbons (Fsp3) is 0.286. The number of rotatable bonds is 1. The van der Waals surface area contributed by atoms with Gasteiger partial charge in [0.2, 0.25) is 5.60 Å². The van der Waals surface area contributed by atoms with Crippen LogP contribution in [0.3, 0.4) is 0 Å². The van der Waals surface area contributed by atoms with Gasteiger partial charge in [0.15, 0.2) is 0 Å². The highest BCUT2D eigenvalue weighted by Crippen LogP contribution is 2.22. The lowest BCUT2D eigenvalue weighted by atomic mass is 9.92. The molecule has 4 nitrogen and oxygen atoms in total. The monoisotopic (exact) mass is 174 g/mol. The average Bonchev–Trinajstić information content (AvgIpc) is 1.97. The van der Waals surface area contributed by atoms with Crippen LogP contribution in [0.2, 0.25) is 0 Å². The minimum absolute atomic E-state index is 0.458. The summed E-state index contributed by atoms with van der Waals surface area (Å²) in [5, 5.41) is 26.6. The second kappa shape index (κ2) is 2.69. The van der Waals surface area contributed by atoms with Crippen LogP contribution in [0.25, 0.3) is 0 Å². The third-order valence-corrected chi connectivity index (χ3v) is 1.59. The van der Waals surface area contributed by atoms with E-state index in [0.717, 1.165) is 12.2 Å². The predicted molar refractivity (Wildman–Crippen MR) is 36.9 cm³/mol. The molecule has 0 amide bonds. The fourth-order valence-corrected chi connectivity index (χ4v) is 0.862. The molecule has 0 aromatic rings. The lowest BCUT2D eigenvalue weighted by Gasteiger charge is -2.25. The first kappa shape index (κ1) is 8.89. The number of carbonyl (C=O) groups is 1. The summed E-state index contributed by atoms with van der Waals surface area (Å²) in [6.07, 6.45) is 0.612. The molecule has 3 N–H and O–H groups in total. The van der Waals surface area contributed by atoms with Crippen molar-refractivity contribution in [2.75, 3.05) is 0 Å². The van der Waals surface area contributed by atoms with Crippen LogP contribution in [0.4, 0.5) is 4.39 Å². The minimum atomic E-state index is -2.54. The third kappa shape index (κ3) is 1.24. The molecule has 5 heteroatoms. The Morgan fingerprint density at radius 1 is 1.67 bits per heavy atom. The van der Waals surface area contributed by atoms with E-state index in [-0.39, 0.29) is 0 Å². The van der Waals surface area contributed by atoms with Crippen molar-refractivity contribution in [2.45, 2.75) is 11.7 Å². The van der Waals surface area contributed by atoms with E-state index >= 15 is 0 Å². The van der Waals surface area contributed by atoms with Crippen molar-refractivity contribution in [3.05, 3.63) is 24.1 Å². The molecule has 0 unspecified atom stereocenters. The van der Waals surface area contributed by atoms with Crippen LogP contribution in [0.15, 0.2) is 24.1 Å². The van der Waals surface area contributed by atoms with Crippen molar-refractivity contribution in [3.8, 4) is 0 Å². The Balaban J connectivity index is 3.05. The van der Waals surface area contributed by atoms with E-state index in [1.165, 1.54) is 0 Å². The van der Waals surface area contributed by atoms with Crippen LogP contribution in [0, 0.1) is 0 Å². The van der Waals surface area contributed by atoms with Gasteiger partial charge in [-0.15, -0.1) is 0 Å². The van der Waals surface area contributed by atoms with Gasteiger partial charge in [-0.05, 0) is 18.2 Å². The van der Waals surface area contributed by atoms with Crippen molar-refractivity contribution < 1.29 is 24.5 Å². The SMILES string of the molecule is O=C(O)[C@@]1(O)C=C(F)C=C[C@@H]1O. The quantitative estimate of drug-likeness (QED) is 0.504. The number of aliphatic carboxylic acids is 1. The topological polar surface area (TPSA) is 77.8 Å². The van der Waals surface area contributed by atoms with Gasteiger partial charge in [0.1, 0.15) is 11.9 Å². The summed E-state index contributed by atoms with van der Waals surface area (Å²) in [4.78, 5) is 10.4. The number of aliphatic hydroxyl groups is 2. The summed E-state index contributed by atoms with van der Waals surface area (Å²) in [5.74, 6) is -2.57. The molecule has 0 radical (unpaired) electrons. The van der Waals surface area contributed by atoms with Crippen LogP contribution in [-0.4, -0.2) is 33.0 Å². The van der Waals surface area contributed by atoms with Gasteiger partial charge in [0, 0.05) is 0 Å². The number of hydrogen-bond acceptors (Lipinski definition) is 3. The van der Waals surface area contributed by atoms with E-state index in [9.17, 15) is 14.3 Å². The molecule has 1 rings (SSSR count). The number of halogens is 1. The maximum atomic E-state index is 12.5. The summed E-state index contributed by atoms with van der Waals surface area (Å²) in [5.41, 5.74) is -2.54. The first-order chi connectivity index (χ1) is 5.47. The normalized spacial score (nSPS) is 34.6. The number of carboxylic acid groups (broad SMARTS) is 1. The number of aliphatic hydroxyl groups excluding tert-OH is 1. The van der Waals surface area contributed by atoms with Gasteiger partial charge in [0.25, 0.3) is 0 Å². The van der Waals surface area contributed by atoms with Crippen molar-refractivity contribution in [1.29, 1.82) is 0 Å². The lowest BCUT2D eigenvalue weighted by molar-refractivity contribution is -0.160. The van der Waals surface area contributed by atoms with Crippen LogP contribution in [0.5, 0.6) is 0 Å². The number of hydrogen-bond donors (Lipinski definition) is 3. The van der Waals surface area contributed by atoms with E-state index in [1.54, 1.807) is 0 Å². The Bertz CT molecular complexity index is 271. The van der Waals surface area contributed by atoms with Crippen molar-refractivity contribution >= 4 is 5.97 Å². The molecule has 1 aliphatic carbocycles. The van der Waals surface area contributed by atoms with Gasteiger partial charge >= 0.3 is 5.97 Å². The van der Waals surface area contributed by atoms with Gasteiger partial charge in [-0.1, -0.05) is 0 Å². The first-order valence-electron chi connectivity index (χ1n) is 3.17. The Labute approximate surface area is 67.3 Å². The summed E-state index contributed by atoms with van der Waals surface area (Å²) in [7, 11) is 0. The second-order valence-corrected chi connectivity index (χ2v) is 2.46. The van der Waals surface area contributed by atoms with Crippen LogP contribution < -0.4 is 0 Å². The molecule has 0 heterocycles. The van der Waals surface area contributed by atoms with E-state index in [1.807, 2.05) is 0 Å². The fourth-order valence-electron chi connectivity index (χ4n) is 0.862. The summed E-state index contributed by atoms with van der Waals surface area (Å²) in [6.45, 7) is 0. The molecule has 12 heavy (non-hydrogen) atoms. The van der Waals surface area contributed by atoms with Crippen LogP contribution in [0.1, 0.15) is 0 Å². The smallest absolute Gasteiger partial charge is 0.343 e. The Kier molecular flexibility index (Phi) is 1.99. The highest BCUT2D eigenvalue weighted by atomic mass is 19.1. The highest BCUT2D eigenvalue weighted by Gasteiger charge is 2.42. The molecular formula is C7H7FO4. The zero-order chi connectivity index (χ0) is 9.35. The molecule has 2 atom stereocenters. The lowest BCUT2D eigenvalue weighted by Crippen LogP contribution is -2.48. The predicted octanol–water partition coefficient (Wildman–Crippen LogP) is -0.414. The standard InChI is InChI=1S/C7H7FO4/c8-4-1-2-5(9)7(12,3-4)6(10)11/h1-3,5,9,12H,(H,10,11)/t5-,7+/m0/s1. The van der Waals surface area contributed by atoms with E-state index in [2.05, 4.69) is 0 Å². The van der Waals surface area contributed by atoms with E-state index < -0.39 is 23.5 Å². The minimum Gasteiger partial charge on any atom is -0.479 e. The molecule has 0 aromatic carbocycles. The van der Waals surface area contributed by atoms with Crippen LogP contribution >= 0.6 is 0 Å². The zero-order valence-corrected chi connectivity index (χ0v) is 5.94. The maximum Gasteiger partial charge on any atom is 0.343 e. The van der Waals surface area contributed by atoms with Gasteiger partial charge in [-0.3, -0.25) is 0 Å². The molecule has 0 fully saturated rings. The largest absolute Gasteiger partial charge is 0.479 e. The molecule has 0 saturated carbocycles. The number of allylic oxidation sites excluding steroid dienone is 2. The first-order valence-corrected chi connectivity index (χ1v) is 3.17. The number of carboxylic acids is 1. The Morgan fingerprint density at radius 2 is 2.25 bits per heavy atom. The van der Waals surface area contributed by atoms with Gasteiger partial charge < -0.3 is 15.3 Å². The molecule has 0 aromatic heterocycles.